The second kappa shape index (κ2) is 7.87. The van der Waals surface area contributed by atoms with Crippen LogP contribution in [0.3, 0.4) is 0 Å². The molecule has 3 nitrogen and oxygen atoms in total. The van der Waals surface area contributed by atoms with Gasteiger partial charge in [0.25, 0.3) is 0 Å². The van der Waals surface area contributed by atoms with Crippen molar-refractivity contribution in [3.8, 4) is 5.75 Å². The largest absolute Gasteiger partial charge is 0.493 e. The SMILES string of the molecule is CCCOc1cc(N)cc(NCCCCC(F)(F)F)c1. The molecule has 0 fully saturated rings. The summed E-state index contributed by atoms with van der Waals surface area (Å²) in [5.41, 5.74) is 7.08. The molecule has 0 aromatic heterocycles. The molecule has 0 spiro atoms. The molecule has 0 saturated heterocycles. The van der Waals surface area contributed by atoms with Crippen LogP contribution in [0, 0.1) is 0 Å². The first kappa shape index (κ1) is 16.5. The van der Waals surface area contributed by atoms with Gasteiger partial charge in [-0.05, 0) is 25.3 Å². The van der Waals surface area contributed by atoms with Crippen molar-refractivity contribution in [1.29, 1.82) is 0 Å². The third kappa shape index (κ3) is 7.11. The summed E-state index contributed by atoms with van der Waals surface area (Å²) >= 11 is 0. The Morgan fingerprint density at radius 3 is 2.60 bits per heavy atom. The molecule has 6 heteroatoms. The zero-order valence-corrected chi connectivity index (χ0v) is 11.6. The predicted octanol–water partition coefficient (Wildman–Crippen LogP) is 4.20. The van der Waals surface area contributed by atoms with Crippen molar-refractivity contribution in [2.24, 2.45) is 0 Å². The second-order valence-electron chi connectivity index (χ2n) is 4.64. The molecule has 114 valence electrons. The van der Waals surface area contributed by atoms with Gasteiger partial charge in [0, 0.05) is 36.5 Å². The highest BCUT2D eigenvalue weighted by atomic mass is 19.4. The first-order valence-corrected chi connectivity index (χ1v) is 6.74. The number of halogens is 3. The number of anilines is 2. The molecule has 0 unspecified atom stereocenters. The van der Waals surface area contributed by atoms with Crippen LogP contribution >= 0.6 is 0 Å². The van der Waals surface area contributed by atoms with Crippen molar-refractivity contribution < 1.29 is 17.9 Å². The summed E-state index contributed by atoms with van der Waals surface area (Å²) in [4.78, 5) is 0. The number of hydrogen-bond donors (Lipinski definition) is 2. The number of benzene rings is 1. The second-order valence-corrected chi connectivity index (χ2v) is 4.64. The number of nitrogens with one attached hydrogen (secondary N) is 1. The summed E-state index contributed by atoms with van der Waals surface area (Å²) in [6.45, 7) is 3.09. The van der Waals surface area contributed by atoms with Gasteiger partial charge in [-0.25, -0.2) is 0 Å². The summed E-state index contributed by atoms with van der Waals surface area (Å²) < 4.78 is 41.4. The van der Waals surface area contributed by atoms with Gasteiger partial charge in [-0.2, -0.15) is 13.2 Å². The standard InChI is InChI=1S/C14H21F3N2O/c1-2-7-20-13-9-11(18)8-12(10-13)19-6-4-3-5-14(15,16)17/h8-10,19H,2-7,18H2,1H3. The van der Waals surface area contributed by atoms with Crippen LogP contribution in [0.15, 0.2) is 18.2 Å². The molecule has 0 aliphatic heterocycles. The molecule has 0 heterocycles. The molecule has 0 aliphatic rings. The lowest BCUT2D eigenvalue weighted by Crippen LogP contribution is -2.09. The number of hydrogen-bond acceptors (Lipinski definition) is 3. The van der Waals surface area contributed by atoms with Crippen molar-refractivity contribution in [3.05, 3.63) is 18.2 Å². The summed E-state index contributed by atoms with van der Waals surface area (Å²) in [5.74, 6) is 0.671. The molecule has 0 aliphatic carbocycles. The molecular weight excluding hydrogens is 269 g/mol. The average molecular weight is 290 g/mol. The summed E-state index contributed by atoms with van der Waals surface area (Å²) in [6, 6.07) is 5.27. The highest BCUT2D eigenvalue weighted by molar-refractivity contribution is 5.59. The third-order valence-electron chi connectivity index (χ3n) is 2.62. The smallest absolute Gasteiger partial charge is 0.389 e. The molecule has 1 aromatic carbocycles. The maximum Gasteiger partial charge on any atom is 0.389 e. The predicted molar refractivity (Wildman–Crippen MR) is 75.0 cm³/mol. The van der Waals surface area contributed by atoms with E-state index in [9.17, 15) is 13.2 Å². The quantitative estimate of drug-likeness (QED) is 0.557. The van der Waals surface area contributed by atoms with E-state index >= 15 is 0 Å². The lowest BCUT2D eigenvalue weighted by Gasteiger charge is -2.11. The third-order valence-corrected chi connectivity index (χ3v) is 2.62. The zero-order valence-electron chi connectivity index (χ0n) is 11.6. The van der Waals surface area contributed by atoms with E-state index in [1.807, 2.05) is 6.92 Å². The molecule has 0 amide bonds. The minimum absolute atomic E-state index is 0.123. The fourth-order valence-electron chi connectivity index (χ4n) is 1.71. The summed E-state index contributed by atoms with van der Waals surface area (Å²) in [6.07, 6.45) is -3.33. The van der Waals surface area contributed by atoms with Crippen LogP contribution in [0.4, 0.5) is 24.5 Å². The van der Waals surface area contributed by atoms with Gasteiger partial charge >= 0.3 is 6.18 Å². The van der Waals surface area contributed by atoms with Gasteiger partial charge in [0.2, 0.25) is 0 Å². The van der Waals surface area contributed by atoms with Crippen molar-refractivity contribution in [1.82, 2.24) is 0 Å². The van der Waals surface area contributed by atoms with E-state index in [0.29, 0.717) is 31.0 Å². The number of nitrogen functional groups attached to an aromatic ring is 1. The van der Waals surface area contributed by atoms with Gasteiger partial charge < -0.3 is 15.8 Å². The van der Waals surface area contributed by atoms with E-state index in [0.717, 1.165) is 12.1 Å². The zero-order chi connectivity index (χ0) is 15.0. The Labute approximate surface area is 117 Å². The number of unbranched alkanes of at least 4 members (excludes halogenated alkanes) is 1. The first-order chi connectivity index (χ1) is 9.40. The van der Waals surface area contributed by atoms with Crippen LogP contribution in [0.2, 0.25) is 0 Å². The van der Waals surface area contributed by atoms with Crippen LogP contribution in [0.1, 0.15) is 32.6 Å². The number of nitrogens with two attached hydrogens (primary N) is 1. The van der Waals surface area contributed by atoms with Crippen LogP contribution < -0.4 is 15.8 Å². The minimum Gasteiger partial charge on any atom is -0.493 e. The molecular formula is C14H21F3N2O. The van der Waals surface area contributed by atoms with E-state index in [1.165, 1.54) is 0 Å². The Balaban J connectivity index is 2.37. The van der Waals surface area contributed by atoms with Gasteiger partial charge in [-0.15, -0.1) is 0 Å². The Bertz CT molecular complexity index is 408. The Morgan fingerprint density at radius 2 is 1.95 bits per heavy atom. The Morgan fingerprint density at radius 1 is 1.20 bits per heavy atom. The fraction of sp³-hybridized carbons (Fsp3) is 0.571. The number of alkyl halides is 3. The van der Waals surface area contributed by atoms with Gasteiger partial charge in [-0.1, -0.05) is 6.92 Å². The van der Waals surface area contributed by atoms with Crippen molar-refractivity contribution in [2.45, 2.75) is 38.8 Å². The molecule has 0 saturated carbocycles. The van der Waals surface area contributed by atoms with E-state index in [2.05, 4.69) is 5.32 Å². The van der Waals surface area contributed by atoms with Gasteiger partial charge in [-0.3, -0.25) is 0 Å². The van der Waals surface area contributed by atoms with Crippen LogP contribution in [0.5, 0.6) is 5.75 Å². The van der Waals surface area contributed by atoms with E-state index in [1.54, 1.807) is 18.2 Å². The minimum atomic E-state index is -4.07. The normalized spacial score (nSPS) is 11.4. The molecule has 0 bridgehead atoms. The van der Waals surface area contributed by atoms with Crippen molar-refractivity contribution >= 4 is 11.4 Å². The lowest BCUT2D eigenvalue weighted by molar-refractivity contribution is -0.135. The van der Waals surface area contributed by atoms with Gasteiger partial charge in [0.1, 0.15) is 5.75 Å². The highest BCUT2D eigenvalue weighted by Crippen LogP contribution is 2.24. The maximum absolute atomic E-state index is 12.0. The van der Waals surface area contributed by atoms with Gasteiger partial charge in [0.15, 0.2) is 0 Å². The lowest BCUT2D eigenvalue weighted by atomic mass is 10.2. The first-order valence-electron chi connectivity index (χ1n) is 6.74. The molecule has 1 aromatic rings. The maximum atomic E-state index is 12.0. The molecule has 20 heavy (non-hydrogen) atoms. The highest BCUT2D eigenvalue weighted by Gasteiger charge is 2.25. The fourth-order valence-corrected chi connectivity index (χ4v) is 1.71. The average Bonchev–Trinajstić information content (AvgIpc) is 2.34. The van der Waals surface area contributed by atoms with Crippen LogP contribution in [0.25, 0.3) is 0 Å². The van der Waals surface area contributed by atoms with E-state index < -0.39 is 12.6 Å². The molecule has 0 atom stereocenters. The van der Waals surface area contributed by atoms with Crippen molar-refractivity contribution in [2.75, 3.05) is 24.2 Å². The topological polar surface area (TPSA) is 47.3 Å². The molecule has 3 N–H and O–H groups in total. The molecule has 1 rings (SSSR count). The molecule has 0 radical (unpaired) electrons. The van der Waals surface area contributed by atoms with Crippen LogP contribution in [-0.2, 0) is 0 Å². The Kier molecular flexibility index (Phi) is 6.48. The number of ether oxygens (including phenoxy) is 1. The van der Waals surface area contributed by atoms with Gasteiger partial charge in [0.05, 0.1) is 6.61 Å². The van der Waals surface area contributed by atoms with Crippen molar-refractivity contribution in [3.63, 3.8) is 0 Å². The van der Waals surface area contributed by atoms with E-state index in [4.69, 9.17) is 10.5 Å². The van der Waals surface area contributed by atoms with Crippen LogP contribution in [-0.4, -0.2) is 19.3 Å². The number of rotatable bonds is 8. The monoisotopic (exact) mass is 290 g/mol. The summed E-state index contributed by atoms with van der Waals surface area (Å²) in [7, 11) is 0. The van der Waals surface area contributed by atoms with E-state index in [-0.39, 0.29) is 6.42 Å². The summed E-state index contributed by atoms with van der Waals surface area (Å²) in [5, 5.41) is 3.06. The Hall–Kier alpha value is -1.59.